The Morgan fingerprint density at radius 2 is 1.88 bits per heavy atom. The van der Waals surface area contributed by atoms with Gasteiger partial charge in [-0.3, -0.25) is 0 Å². The first kappa shape index (κ1) is 11.2. The molecule has 2 rings (SSSR count). The van der Waals surface area contributed by atoms with Crippen molar-refractivity contribution in [2.45, 2.75) is 11.3 Å². The van der Waals surface area contributed by atoms with E-state index in [9.17, 15) is 4.39 Å². The summed E-state index contributed by atoms with van der Waals surface area (Å²) in [6.45, 7) is 0. The Bertz CT molecular complexity index is 480. The lowest BCUT2D eigenvalue weighted by Crippen LogP contribution is -1.93. The van der Waals surface area contributed by atoms with Crippen molar-refractivity contribution >= 4 is 11.8 Å². The summed E-state index contributed by atoms with van der Waals surface area (Å²) >= 11 is 1.64. The number of hydrogen-bond acceptors (Lipinski definition) is 1. The van der Waals surface area contributed by atoms with Crippen molar-refractivity contribution in [3.05, 3.63) is 65.5 Å². The molecule has 81 valence electrons. The van der Waals surface area contributed by atoms with Crippen molar-refractivity contribution in [2.24, 2.45) is 0 Å². The van der Waals surface area contributed by atoms with Gasteiger partial charge in [0.1, 0.15) is 5.82 Å². The highest BCUT2D eigenvalue weighted by Gasteiger charge is 2.05. The third kappa shape index (κ3) is 2.45. The van der Waals surface area contributed by atoms with Crippen LogP contribution in [-0.4, -0.2) is 6.26 Å². The van der Waals surface area contributed by atoms with E-state index >= 15 is 0 Å². The summed E-state index contributed by atoms with van der Waals surface area (Å²) < 4.78 is 13.5. The average Bonchev–Trinajstić information content (AvgIpc) is 2.33. The Hall–Kier alpha value is -1.28. The zero-order valence-corrected chi connectivity index (χ0v) is 9.85. The Balaban J connectivity index is 2.30. The van der Waals surface area contributed by atoms with Gasteiger partial charge in [-0.15, -0.1) is 11.8 Å². The first-order valence-electron chi connectivity index (χ1n) is 5.08. The summed E-state index contributed by atoms with van der Waals surface area (Å²) in [5, 5.41) is 0. The molecule has 0 aliphatic carbocycles. The fourth-order valence-electron chi connectivity index (χ4n) is 1.63. The lowest BCUT2D eigenvalue weighted by atomic mass is 10.0. The van der Waals surface area contributed by atoms with Gasteiger partial charge in [-0.2, -0.15) is 0 Å². The highest BCUT2D eigenvalue weighted by Crippen LogP contribution is 2.22. The summed E-state index contributed by atoms with van der Waals surface area (Å²) in [5.74, 6) is -0.140. The van der Waals surface area contributed by atoms with Gasteiger partial charge in [0.2, 0.25) is 0 Å². The van der Waals surface area contributed by atoms with Gasteiger partial charge in [-0.05, 0) is 29.5 Å². The van der Waals surface area contributed by atoms with Gasteiger partial charge >= 0.3 is 0 Å². The molecule has 1 radical (unpaired) electrons. The molecule has 0 amide bonds. The van der Waals surface area contributed by atoms with Crippen LogP contribution in [0.25, 0.3) is 0 Å². The van der Waals surface area contributed by atoms with E-state index in [0.29, 0.717) is 6.42 Å². The van der Waals surface area contributed by atoms with Crippen LogP contribution in [0.15, 0.2) is 47.4 Å². The highest BCUT2D eigenvalue weighted by molar-refractivity contribution is 7.98. The first-order chi connectivity index (χ1) is 7.81. The first-order valence-corrected chi connectivity index (χ1v) is 6.30. The molecule has 2 aromatic carbocycles. The summed E-state index contributed by atoms with van der Waals surface area (Å²) in [6, 6.07) is 15.9. The molecule has 0 heterocycles. The van der Waals surface area contributed by atoms with Crippen LogP contribution in [-0.2, 0) is 6.42 Å². The van der Waals surface area contributed by atoms with Crippen LogP contribution in [0.5, 0.6) is 0 Å². The molecule has 0 spiro atoms. The fraction of sp³-hybridized carbons (Fsp3) is 0.143. The standard InChI is InChI=1S/C14H12FS/c1-16-14-9-5-3-7-12(14)10-11-6-2-4-8-13(11)15/h2-8H,10H2,1H3. The highest BCUT2D eigenvalue weighted by atomic mass is 32.2. The largest absolute Gasteiger partial charge is 0.207 e. The van der Waals surface area contributed by atoms with E-state index in [-0.39, 0.29) is 5.82 Å². The predicted octanol–water partition coefficient (Wildman–Crippen LogP) is 3.94. The van der Waals surface area contributed by atoms with Gasteiger partial charge in [0.25, 0.3) is 0 Å². The average molecular weight is 231 g/mol. The van der Waals surface area contributed by atoms with Crippen LogP contribution in [0.1, 0.15) is 11.1 Å². The number of halogens is 1. The predicted molar refractivity (Wildman–Crippen MR) is 66.3 cm³/mol. The third-order valence-electron chi connectivity index (χ3n) is 2.44. The smallest absolute Gasteiger partial charge is 0.126 e. The maximum absolute atomic E-state index is 13.5. The van der Waals surface area contributed by atoms with E-state index in [1.165, 1.54) is 6.07 Å². The van der Waals surface area contributed by atoms with Gasteiger partial charge in [0.05, 0.1) is 0 Å². The number of benzene rings is 2. The number of rotatable bonds is 3. The van der Waals surface area contributed by atoms with E-state index in [4.69, 9.17) is 0 Å². The Morgan fingerprint density at radius 3 is 2.62 bits per heavy atom. The van der Waals surface area contributed by atoms with Crippen molar-refractivity contribution in [2.75, 3.05) is 6.26 Å². The fourth-order valence-corrected chi connectivity index (χ4v) is 2.22. The summed E-state index contributed by atoms with van der Waals surface area (Å²) in [4.78, 5) is 1.09. The molecule has 0 aromatic heterocycles. The molecule has 0 atom stereocenters. The molecule has 0 bridgehead atoms. The van der Waals surface area contributed by atoms with E-state index in [0.717, 1.165) is 16.0 Å². The molecule has 0 N–H and O–H groups in total. The molecule has 2 aromatic rings. The van der Waals surface area contributed by atoms with Crippen LogP contribution in [0.3, 0.4) is 0 Å². The zero-order chi connectivity index (χ0) is 11.4. The van der Waals surface area contributed by atoms with Crippen LogP contribution in [0, 0.1) is 11.9 Å². The zero-order valence-electron chi connectivity index (χ0n) is 9.03. The van der Waals surface area contributed by atoms with Crippen LogP contribution < -0.4 is 0 Å². The molecule has 0 aliphatic rings. The minimum Gasteiger partial charge on any atom is -0.207 e. The maximum atomic E-state index is 13.5. The maximum Gasteiger partial charge on any atom is 0.126 e. The van der Waals surface area contributed by atoms with Gasteiger partial charge in [0.15, 0.2) is 0 Å². The van der Waals surface area contributed by atoms with E-state index in [1.807, 2.05) is 36.6 Å². The van der Waals surface area contributed by atoms with Crippen LogP contribution >= 0.6 is 11.8 Å². The van der Waals surface area contributed by atoms with Gasteiger partial charge in [-0.1, -0.05) is 36.4 Å². The molecule has 0 fully saturated rings. The Labute approximate surface area is 99.5 Å². The summed E-state index contributed by atoms with van der Waals surface area (Å²) in [7, 11) is 0. The second-order valence-electron chi connectivity index (χ2n) is 3.50. The SMILES string of the molecule is CSc1[c]cccc1Cc1ccccc1F. The van der Waals surface area contributed by atoms with Crippen LogP contribution in [0.4, 0.5) is 4.39 Å². The topological polar surface area (TPSA) is 0 Å². The second-order valence-corrected chi connectivity index (χ2v) is 4.31. The van der Waals surface area contributed by atoms with E-state index < -0.39 is 0 Å². The van der Waals surface area contributed by atoms with E-state index in [1.54, 1.807) is 17.8 Å². The molecule has 0 unspecified atom stereocenters. The third-order valence-corrected chi connectivity index (χ3v) is 3.23. The lowest BCUT2D eigenvalue weighted by Gasteiger charge is -2.07. The van der Waals surface area contributed by atoms with Gasteiger partial charge in [-0.25, -0.2) is 4.39 Å². The molecular formula is C14H12FS. The molecule has 16 heavy (non-hydrogen) atoms. The Morgan fingerprint density at radius 1 is 1.12 bits per heavy atom. The normalized spacial score (nSPS) is 10.4. The number of thioether (sulfide) groups is 1. The van der Waals surface area contributed by atoms with Crippen molar-refractivity contribution in [1.82, 2.24) is 0 Å². The molecule has 0 aliphatic heterocycles. The van der Waals surface area contributed by atoms with Crippen molar-refractivity contribution < 1.29 is 4.39 Å². The van der Waals surface area contributed by atoms with Crippen molar-refractivity contribution in [3.8, 4) is 0 Å². The molecule has 0 saturated carbocycles. The minimum absolute atomic E-state index is 0.140. The van der Waals surface area contributed by atoms with Crippen LogP contribution in [0.2, 0.25) is 0 Å². The van der Waals surface area contributed by atoms with E-state index in [2.05, 4.69) is 6.07 Å². The monoisotopic (exact) mass is 231 g/mol. The quantitative estimate of drug-likeness (QED) is 0.721. The molecule has 0 nitrogen and oxygen atoms in total. The van der Waals surface area contributed by atoms with Crippen molar-refractivity contribution in [3.63, 3.8) is 0 Å². The molecule has 0 saturated heterocycles. The number of hydrogen-bond donors (Lipinski definition) is 0. The molecule has 2 heteroatoms. The molecular weight excluding hydrogens is 219 g/mol. The van der Waals surface area contributed by atoms with Gasteiger partial charge in [0, 0.05) is 11.3 Å². The Kier molecular flexibility index (Phi) is 3.62. The van der Waals surface area contributed by atoms with Gasteiger partial charge < -0.3 is 0 Å². The summed E-state index contributed by atoms with van der Waals surface area (Å²) in [5.41, 5.74) is 1.86. The lowest BCUT2D eigenvalue weighted by molar-refractivity contribution is 0.613. The summed E-state index contributed by atoms with van der Waals surface area (Å²) in [6.07, 6.45) is 2.64. The van der Waals surface area contributed by atoms with Crippen molar-refractivity contribution in [1.29, 1.82) is 0 Å². The minimum atomic E-state index is -0.140. The second kappa shape index (κ2) is 5.17.